The maximum Gasteiger partial charge on any atom is 0.253 e. The SMILES string of the molecule is O=C(NC1(Cc2ccccc2)CCCC1)c1cnc2ccccc2c1. The van der Waals surface area contributed by atoms with E-state index >= 15 is 0 Å². The summed E-state index contributed by atoms with van der Waals surface area (Å²) in [4.78, 5) is 17.3. The van der Waals surface area contributed by atoms with Crippen LogP contribution in [0.1, 0.15) is 41.6 Å². The van der Waals surface area contributed by atoms with Gasteiger partial charge in [-0.15, -0.1) is 0 Å². The Morgan fingerprint density at radius 1 is 1.00 bits per heavy atom. The molecular formula is C22H22N2O. The fourth-order valence-corrected chi connectivity index (χ4v) is 3.89. The maximum absolute atomic E-state index is 12.9. The van der Waals surface area contributed by atoms with E-state index < -0.39 is 0 Å². The van der Waals surface area contributed by atoms with Gasteiger partial charge in [0.1, 0.15) is 0 Å². The van der Waals surface area contributed by atoms with Crippen LogP contribution in [-0.2, 0) is 6.42 Å². The summed E-state index contributed by atoms with van der Waals surface area (Å²) in [6.07, 6.45) is 6.99. The second kappa shape index (κ2) is 6.67. The molecule has 0 saturated heterocycles. The molecule has 0 aliphatic heterocycles. The monoisotopic (exact) mass is 330 g/mol. The van der Waals surface area contributed by atoms with Crippen LogP contribution in [0.3, 0.4) is 0 Å². The topological polar surface area (TPSA) is 42.0 Å². The number of rotatable bonds is 4. The van der Waals surface area contributed by atoms with Crippen LogP contribution in [0.2, 0.25) is 0 Å². The molecule has 3 aromatic rings. The second-order valence-corrected chi connectivity index (χ2v) is 7.02. The number of pyridine rings is 1. The van der Waals surface area contributed by atoms with Crippen LogP contribution < -0.4 is 5.32 Å². The van der Waals surface area contributed by atoms with Crippen LogP contribution in [0.25, 0.3) is 10.9 Å². The largest absolute Gasteiger partial charge is 0.346 e. The third-order valence-electron chi connectivity index (χ3n) is 5.18. The minimum atomic E-state index is -0.135. The van der Waals surface area contributed by atoms with Gasteiger partial charge in [-0.1, -0.05) is 61.4 Å². The fourth-order valence-electron chi connectivity index (χ4n) is 3.89. The molecule has 126 valence electrons. The molecule has 0 unspecified atom stereocenters. The molecule has 1 saturated carbocycles. The summed E-state index contributed by atoms with van der Waals surface area (Å²) in [6, 6.07) is 20.3. The first-order chi connectivity index (χ1) is 12.2. The Bertz CT molecular complexity index is 883. The zero-order valence-corrected chi connectivity index (χ0v) is 14.2. The predicted octanol–water partition coefficient (Wildman–Crippen LogP) is 4.52. The number of para-hydroxylation sites is 1. The van der Waals surface area contributed by atoms with Crippen molar-refractivity contribution in [3.8, 4) is 0 Å². The molecule has 1 N–H and O–H groups in total. The van der Waals surface area contributed by atoms with Crippen LogP contribution in [0.4, 0.5) is 0 Å². The van der Waals surface area contributed by atoms with E-state index in [0.29, 0.717) is 5.56 Å². The van der Waals surface area contributed by atoms with Crippen LogP contribution in [0.5, 0.6) is 0 Å². The van der Waals surface area contributed by atoms with Crippen molar-refractivity contribution in [2.24, 2.45) is 0 Å². The number of nitrogens with one attached hydrogen (secondary N) is 1. The Hall–Kier alpha value is -2.68. The van der Waals surface area contributed by atoms with E-state index in [1.165, 1.54) is 18.4 Å². The molecule has 25 heavy (non-hydrogen) atoms. The lowest BCUT2D eigenvalue weighted by Gasteiger charge is -2.30. The molecule has 3 nitrogen and oxygen atoms in total. The summed E-state index contributed by atoms with van der Waals surface area (Å²) < 4.78 is 0. The van der Waals surface area contributed by atoms with Crippen molar-refractivity contribution in [2.75, 3.05) is 0 Å². The van der Waals surface area contributed by atoms with Crippen molar-refractivity contribution in [3.05, 3.63) is 78.0 Å². The van der Waals surface area contributed by atoms with Gasteiger partial charge in [0.25, 0.3) is 5.91 Å². The molecule has 0 bridgehead atoms. The van der Waals surface area contributed by atoms with Gasteiger partial charge in [-0.05, 0) is 37.0 Å². The van der Waals surface area contributed by atoms with E-state index in [1.54, 1.807) is 6.20 Å². The molecule has 0 atom stereocenters. The smallest absolute Gasteiger partial charge is 0.253 e. The number of benzene rings is 2. The van der Waals surface area contributed by atoms with Crippen molar-refractivity contribution in [1.82, 2.24) is 10.3 Å². The van der Waals surface area contributed by atoms with Gasteiger partial charge >= 0.3 is 0 Å². The Morgan fingerprint density at radius 3 is 2.52 bits per heavy atom. The third kappa shape index (κ3) is 3.41. The highest BCUT2D eigenvalue weighted by molar-refractivity contribution is 5.97. The van der Waals surface area contributed by atoms with Gasteiger partial charge in [0.2, 0.25) is 0 Å². The Balaban J connectivity index is 1.57. The van der Waals surface area contributed by atoms with E-state index in [2.05, 4.69) is 34.6 Å². The molecule has 1 amide bonds. The molecule has 1 aliphatic carbocycles. The molecular weight excluding hydrogens is 308 g/mol. The highest BCUT2D eigenvalue weighted by Crippen LogP contribution is 2.33. The molecule has 1 heterocycles. The van der Waals surface area contributed by atoms with Gasteiger partial charge in [-0.25, -0.2) is 0 Å². The predicted molar refractivity (Wildman–Crippen MR) is 101 cm³/mol. The Kier molecular flexibility index (Phi) is 4.22. The van der Waals surface area contributed by atoms with Gasteiger partial charge < -0.3 is 5.32 Å². The lowest BCUT2D eigenvalue weighted by Crippen LogP contribution is -2.48. The van der Waals surface area contributed by atoms with Crippen LogP contribution in [0.15, 0.2) is 66.9 Å². The quantitative estimate of drug-likeness (QED) is 0.764. The van der Waals surface area contributed by atoms with Gasteiger partial charge in [0.15, 0.2) is 0 Å². The highest BCUT2D eigenvalue weighted by atomic mass is 16.1. The summed E-state index contributed by atoms with van der Waals surface area (Å²) in [5.41, 5.74) is 2.70. The van der Waals surface area contributed by atoms with E-state index in [4.69, 9.17) is 0 Å². The van der Waals surface area contributed by atoms with Crippen LogP contribution in [-0.4, -0.2) is 16.4 Å². The average molecular weight is 330 g/mol. The number of carbonyl (C=O) groups excluding carboxylic acids is 1. The van der Waals surface area contributed by atoms with E-state index in [1.807, 2.05) is 36.4 Å². The van der Waals surface area contributed by atoms with Gasteiger partial charge in [-0.2, -0.15) is 0 Å². The first-order valence-electron chi connectivity index (χ1n) is 8.95. The number of nitrogens with zero attached hydrogens (tertiary/aromatic N) is 1. The first-order valence-corrected chi connectivity index (χ1v) is 8.95. The van der Waals surface area contributed by atoms with E-state index in [-0.39, 0.29) is 11.4 Å². The summed E-state index contributed by atoms with van der Waals surface area (Å²) in [5.74, 6) is -0.0175. The molecule has 1 aromatic heterocycles. The van der Waals surface area contributed by atoms with Gasteiger partial charge in [0, 0.05) is 17.1 Å². The minimum Gasteiger partial charge on any atom is -0.346 e. The van der Waals surface area contributed by atoms with Crippen molar-refractivity contribution >= 4 is 16.8 Å². The zero-order valence-electron chi connectivity index (χ0n) is 14.2. The lowest BCUT2D eigenvalue weighted by molar-refractivity contribution is 0.0899. The number of fused-ring (bicyclic) bond motifs is 1. The molecule has 1 aliphatic rings. The van der Waals surface area contributed by atoms with Crippen molar-refractivity contribution in [1.29, 1.82) is 0 Å². The molecule has 3 heteroatoms. The molecule has 1 fully saturated rings. The molecule has 0 spiro atoms. The summed E-state index contributed by atoms with van der Waals surface area (Å²) in [7, 11) is 0. The summed E-state index contributed by atoms with van der Waals surface area (Å²) >= 11 is 0. The van der Waals surface area contributed by atoms with E-state index in [9.17, 15) is 4.79 Å². The third-order valence-corrected chi connectivity index (χ3v) is 5.18. The number of hydrogen-bond donors (Lipinski definition) is 1. The standard InChI is InChI=1S/C22H22N2O/c25-21(19-14-18-10-4-5-11-20(18)23-16-19)24-22(12-6-7-13-22)15-17-8-2-1-3-9-17/h1-5,8-11,14,16H,6-7,12-13,15H2,(H,24,25). The highest BCUT2D eigenvalue weighted by Gasteiger charge is 2.35. The second-order valence-electron chi connectivity index (χ2n) is 7.02. The molecule has 0 radical (unpaired) electrons. The normalized spacial score (nSPS) is 16.0. The van der Waals surface area contributed by atoms with Gasteiger partial charge in [-0.3, -0.25) is 9.78 Å². The van der Waals surface area contributed by atoms with E-state index in [0.717, 1.165) is 30.2 Å². The maximum atomic E-state index is 12.9. The number of hydrogen-bond acceptors (Lipinski definition) is 2. The fraction of sp³-hybridized carbons (Fsp3) is 0.273. The molecule has 4 rings (SSSR count). The number of amides is 1. The zero-order chi connectivity index (χ0) is 17.1. The number of carbonyl (C=O) groups is 1. The van der Waals surface area contributed by atoms with Gasteiger partial charge in [0.05, 0.1) is 11.1 Å². The number of aromatic nitrogens is 1. The van der Waals surface area contributed by atoms with Crippen molar-refractivity contribution in [3.63, 3.8) is 0 Å². The lowest BCUT2D eigenvalue weighted by atomic mass is 9.88. The summed E-state index contributed by atoms with van der Waals surface area (Å²) in [5, 5.41) is 4.34. The van der Waals surface area contributed by atoms with Crippen molar-refractivity contribution in [2.45, 2.75) is 37.6 Å². The summed E-state index contributed by atoms with van der Waals surface area (Å²) in [6.45, 7) is 0. The minimum absolute atomic E-state index is 0.0175. The Labute approximate surface area is 148 Å². The van der Waals surface area contributed by atoms with Crippen LogP contribution in [0, 0.1) is 0 Å². The van der Waals surface area contributed by atoms with Crippen molar-refractivity contribution < 1.29 is 4.79 Å². The Morgan fingerprint density at radius 2 is 1.72 bits per heavy atom. The molecule has 2 aromatic carbocycles. The first kappa shape index (κ1) is 15.8. The average Bonchev–Trinajstić information content (AvgIpc) is 3.10. The van der Waals surface area contributed by atoms with Crippen LogP contribution >= 0.6 is 0 Å².